The van der Waals surface area contributed by atoms with Crippen molar-refractivity contribution in [2.45, 2.75) is 0 Å². The van der Waals surface area contributed by atoms with Crippen LogP contribution in [-0.4, -0.2) is 22.0 Å². The number of aliphatic carboxylic acids is 1. The number of anilines is 1. The van der Waals surface area contributed by atoms with E-state index in [1.165, 1.54) is 18.2 Å². The van der Waals surface area contributed by atoms with Crippen LogP contribution in [0.2, 0.25) is 0 Å². The Kier molecular flexibility index (Phi) is 5.37. The lowest BCUT2D eigenvalue weighted by atomic mass is 10.1. The first-order chi connectivity index (χ1) is 13.0. The number of hydrogen-bond donors (Lipinski definition) is 2. The first kappa shape index (κ1) is 18.0. The summed E-state index contributed by atoms with van der Waals surface area (Å²) in [5.74, 6) is -1.86. The van der Waals surface area contributed by atoms with Crippen molar-refractivity contribution < 1.29 is 19.1 Å². The molecule has 2 N–H and O–H groups in total. The van der Waals surface area contributed by atoms with E-state index < -0.39 is 11.9 Å². The Bertz CT molecular complexity index is 1030. The topological polar surface area (TPSA) is 79.3 Å². The van der Waals surface area contributed by atoms with Gasteiger partial charge in [0.05, 0.1) is 5.69 Å². The van der Waals surface area contributed by atoms with Crippen LogP contribution in [-0.2, 0) is 4.79 Å². The maximum atomic E-state index is 13.4. The Morgan fingerprint density at radius 1 is 1.00 bits per heavy atom. The minimum absolute atomic E-state index is 0.184. The Balaban J connectivity index is 1.80. The minimum Gasteiger partial charge on any atom is -0.478 e. The highest BCUT2D eigenvalue weighted by atomic mass is 19.1. The van der Waals surface area contributed by atoms with Gasteiger partial charge in [-0.25, -0.2) is 14.2 Å². The van der Waals surface area contributed by atoms with Gasteiger partial charge in [0.15, 0.2) is 0 Å². The summed E-state index contributed by atoms with van der Waals surface area (Å²) in [6.07, 6.45) is 2.45. The molecular weight excluding hydrogens is 347 g/mol. The second-order valence-electron chi connectivity index (χ2n) is 5.67. The van der Waals surface area contributed by atoms with E-state index in [9.17, 15) is 14.0 Å². The average molecular weight is 362 g/mol. The zero-order valence-electron chi connectivity index (χ0n) is 14.1. The molecule has 0 unspecified atom stereocenters. The number of carbonyl (C=O) groups excluding carboxylic acids is 1. The van der Waals surface area contributed by atoms with Gasteiger partial charge in [0, 0.05) is 17.3 Å². The van der Waals surface area contributed by atoms with Crippen molar-refractivity contribution in [1.29, 1.82) is 0 Å². The number of carboxylic acid groups (broad SMARTS) is 1. The largest absolute Gasteiger partial charge is 0.478 e. The van der Waals surface area contributed by atoms with Gasteiger partial charge in [-0.15, -0.1) is 0 Å². The van der Waals surface area contributed by atoms with Gasteiger partial charge in [0.1, 0.15) is 11.5 Å². The SMILES string of the molecule is O=C(O)C=Cc1cccc(NC(=O)c2cccc(-c3cccc(F)c3)n2)c1. The molecule has 0 spiro atoms. The van der Waals surface area contributed by atoms with Crippen LogP contribution in [0.15, 0.2) is 72.8 Å². The molecule has 0 aliphatic rings. The highest BCUT2D eigenvalue weighted by Crippen LogP contribution is 2.19. The van der Waals surface area contributed by atoms with E-state index in [0.717, 1.165) is 6.08 Å². The number of nitrogens with zero attached hydrogens (tertiary/aromatic N) is 1. The minimum atomic E-state index is -1.05. The molecule has 0 saturated carbocycles. The zero-order chi connectivity index (χ0) is 19.2. The molecule has 0 radical (unpaired) electrons. The third-order valence-corrected chi connectivity index (χ3v) is 3.66. The molecule has 2 aromatic carbocycles. The molecule has 3 aromatic rings. The molecule has 0 aliphatic carbocycles. The molecule has 134 valence electrons. The molecule has 0 fully saturated rings. The standard InChI is InChI=1S/C21H15FN2O3/c22-16-6-2-5-15(13-16)18-8-3-9-19(24-18)21(27)23-17-7-1-4-14(12-17)10-11-20(25)26/h1-13H,(H,23,27)(H,25,26). The molecule has 0 aliphatic heterocycles. The number of carboxylic acids is 1. The van der Waals surface area contributed by atoms with Crippen molar-refractivity contribution in [3.63, 3.8) is 0 Å². The van der Waals surface area contributed by atoms with Crippen LogP contribution in [0.25, 0.3) is 17.3 Å². The summed E-state index contributed by atoms with van der Waals surface area (Å²) in [7, 11) is 0. The van der Waals surface area contributed by atoms with Crippen molar-refractivity contribution >= 4 is 23.6 Å². The van der Waals surface area contributed by atoms with Crippen molar-refractivity contribution in [2.24, 2.45) is 0 Å². The molecule has 1 aromatic heterocycles. The fourth-order valence-corrected chi connectivity index (χ4v) is 2.45. The quantitative estimate of drug-likeness (QED) is 0.666. The Labute approximate surface area is 154 Å². The molecule has 5 nitrogen and oxygen atoms in total. The first-order valence-corrected chi connectivity index (χ1v) is 8.07. The normalized spacial score (nSPS) is 10.7. The van der Waals surface area contributed by atoms with E-state index in [0.29, 0.717) is 22.5 Å². The number of nitrogens with one attached hydrogen (secondary N) is 1. The third-order valence-electron chi connectivity index (χ3n) is 3.66. The number of aromatic nitrogens is 1. The number of hydrogen-bond acceptors (Lipinski definition) is 3. The van der Waals surface area contributed by atoms with Crippen molar-refractivity contribution in [3.05, 3.63) is 89.9 Å². The van der Waals surface area contributed by atoms with E-state index in [2.05, 4.69) is 10.3 Å². The van der Waals surface area contributed by atoms with E-state index in [-0.39, 0.29) is 11.5 Å². The second kappa shape index (κ2) is 8.05. The smallest absolute Gasteiger partial charge is 0.328 e. The molecule has 1 amide bonds. The summed E-state index contributed by atoms with van der Waals surface area (Å²) in [5.41, 5.74) is 2.39. The summed E-state index contributed by atoms with van der Waals surface area (Å²) in [6.45, 7) is 0. The van der Waals surface area contributed by atoms with E-state index in [4.69, 9.17) is 5.11 Å². The Hall–Kier alpha value is -3.80. The zero-order valence-corrected chi connectivity index (χ0v) is 14.1. The average Bonchev–Trinajstić information content (AvgIpc) is 2.67. The summed E-state index contributed by atoms with van der Waals surface area (Å²) in [6, 6.07) is 17.7. The van der Waals surface area contributed by atoms with Crippen LogP contribution in [0.4, 0.5) is 10.1 Å². The summed E-state index contributed by atoms with van der Waals surface area (Å²) < 4.78 is 13.4. The van der Waals surface area contributed by atoms with Crippen LogP contribution < -0.4 is 5.32 Å². The fraction of sp³-hybridized carbons (Fsp3) is 0. The molecular formula is C21H15FN2O3. The predicted molar refractivity (Wildman–Crippen MR) is 101 cm³/mol. The lowest BCUT2D eigenvalue weighted by Gasteiger charge is -2.07. The van der Waals surface area contributed by atoms with Gasteiger partial charge in [-0.1, -0.05) is 30.3 Å². The summed E-state index contributed by atoms with van der Waals surface area (Å²) >= 11 is 0. The monoisotopic (exact) mass is 362 g/mol. The molecule has 0 atom stereocenters. The van der Waals surface area contributed by atoms with E-state index in [1.54, 1.807) is 54.6 Å². The van der Waals surface area contributed by atoms with Gasteiger partial charge in [-0.2, -0.15) is 0 Å². The van der Waals surface area contributed by atoms with Crippen molar-refractivity contribution in [1.82, 2.24) is 4.98 Å². The maximum Gasteiger partial charge on any atom is 0.328 e. The van der Waals surface area contributed by atoms with Gasteiger partial charge in [-0.3, -0.25) is 4.79 Å². The molecule has 3 rings (SSSR count). The third kappa shape index (κ3) is 4.85. The van der Waals surface area contributed by atoms with Gasteiger partial charge >= 0.3 is 5.97 Å². The van der Waals surface area contributed by atoms with Gasteiger partial charge in [0.2, 0.25) is 0 Å². The van der Waals surface area contributed by atoms with E-state index >= 15 is 0 Å². The number of rotatable bonds is 5. The summed E-state index contributed by atoms with van der Waals surface area (Å²) in [5, 5.41) is 11.4. The van der Waals surface area contributed by atoms with Gasteiger partial charge in [0.25, 0.3) is 5.91 Å². The molecule has 6 heteroatoms. The Morgan fingerprint density at radius 3 is 2.56 bits per heavy atom. The van der Waals surface area contributed by atoms with Gasteiger partial charge in [-0.05, 0) is 48.0 Å². The van der Waals surface area contributed by atoms with Crippen LogP contribution in [0.3, 0.4) is 0 Å². The molecule has 0 bridgehead atoms. The first-order valence-electron chi connectivity index (χ1n) is 8.07. The number of amides is 1. The molecule has 27 heavy (non-hydrogen) atoms. The lowest BCUT2D eigenvalue weighted by Crippen LogP contribution is -2.13. The number of carbonyl (C=O) groups is 2. The molecule has 0 saturated heterocycles. The Morgan fingerprint density at radius 2 is 1.78 bits per heavy atom. The highest BCUT2D eigenvalue weighted by molar-refractivity contribution is 6.03. The van der Waals surface area contributed by atoms with Gasteiger partial charge < -0.3 is 10.4 Å². The fourth-order valence-electron chi connectivity index (χ4n) is 2.45. The summed E-state index contributed by atoms with van der Waals surface area (Å²) in [4.78, 5) is 27.4. The van der Waals surface area contributed by atoms with E-state index in [1.807, 2.05) is 0 Å². The second-order valence-corrected chi connectivity index (χ2v) is 5.67. The molecule has 1 heterocycles. The highest BCUT2D eigenvalue weighted by Gasteiger charge is 2.10. The maximum absolute atomic E-state index is 13.4. The van der Waals surface area contributed by atoms with Crippen molar-refractivity contribution in [3.8, 4) is 11.3 Å². The number of halogens is 1. The number of benzene rings is 2. The van der Waals surface area contributed by atoms with Crippen LogP contribution in [0, 0.1) is 5.82 Å². The number of pyridine rings is 1. The van der Waals surface area contributed by atoms with Crippen molar-refractivity contribution in [2.75, 3.05) is 5.32 Å². The lowest BCUT2D eigenvalue weighted by molar-refractivity contribution is -0.131. The predicted octanol–water partition coefficient (Wildman–Crippen LogP) is 4.24. The van der Waals surface area contributed by atoms with Crippen LogP contribution in [0.1, 0.15) is 16.1 Å². The van der Waals surface area contributed by atoms with Crippen LogP contribution >= 0.6 is 0 Å². The van der Waals surface area contributed by atoms with Crippen LogP contribution in [0.5, 0.6) is 0 Å².